The molecule has 0 spiro atoms. The van der Waals surface area contributed by atoms with E-state index in [9.17, 15) is 4.79 Å². The van der Waals surface area contributed by atoms with E-state index in [4.69, 9.17) is 9.47 Å². The fraction of sp³-hybridized carbons (Fsp3) is 0.211. The van der Waals surface area contributed by atoms with Crippen molar-refractivity contribution in [1.29, 1.82) is 0 Å². The Labute approximate surface area is 139 Å². The lowest BCUT2D eigenvalue weighted by atomic mass is 10.1. The molecule has 1 aromatic heterocycles. The van der Waals surface area contributed by atoms with Crippen molar-refractivity contribution in [3.8, 4) is 11.5 Å². The molecule has 0 saturated heterocycles. The fourth-order valence-electron chi connectivity index (χ4n) is 2.95. The van der Waals surface area contributed by atoms with E-state index in [0.717, 1.165) is 28.0 Å². The smallest absolute Gasteiger partial charge is 0.253 e. The lowest BCUT2D eigenvalue weighted by Gasteiger charge is -2.21. The molecule has 1 atom stereocenters. The Bertz CT molecular complexity index is 901. The molecule has 2 heterocycles. The van der Waals surface area contributed by atoms with E-state index in [-0.39, 0.29) is 11.9 Å². The van der Waals surface area contributed by atoms with Crippen LogP contribution in [0.3, 0.4) is 0 Å². The molecular weight excluding hydrogens is 304 g/mol. The Morgan fingerprint density at radius 1 is 1.12 bits per heavy atom. The Balaban J connectivity index is 1.55. The number of benzene rings is 2. The van der Waals surface area contributed by atoms with E-state index in [2.05, 4.69) is 10.3 Å². The van der Waals surface area contributed by atoms with Gasteiger partial charge in [0.15, 0.2) is 11.5 Å². The van der Waals surface area contributed by atoms with Gasteiger partial charge in [-0.1, -0.05) is 24.3 Å². The maximum atomic E-state index is 12.6. The molecule has 1 aliphatic rings. The highest BCUT2D eigenvalue weighted by atomic mass is 16.6. The average Bonchev–Trinajstić information content (AvgIpc) is 3.05. The van der Waals surface area contributed by atoms with Crippen molar-refractivity contribution >= 4 is 16.8 Å². The number of amides is 1. The van der Waals surface area contributed by atoms with E-state index >= 15 is 0 Å². The van der Waals surface area contributed by atoms with Crippen LogP contribution < -0.4 is 14.8 Å². The highest BCUT2D eigenvalue weighted by molar-refractivity contribution is 6.06. The number of ether oxygens (including phenoxy) is 2. The molecule has 0 fully saturated rings. The summed E-state index contributed by atoms with van der Waals surface area (Å²) in [5.41, 5.74) is 2.58. The van der Waals surface area contributed by atoms with Gasteiger partial charge in [-0.15, -0.1) is 0 Å². The van der Waals surface area contributed by atoms with Gasteiger partial charge >= 0.3 is 0 Å². The lowest BCUT2D eigenvalue weighted by Crippen LogP contribution is -2.26. The molecular formula is C19H18N2O3. The molecule has 2 aromatic carbocycles. The van der Waals surface area contributed by atoms with Crippen LogP contribution in [0.25, 0.3) is 10.9 Å². The second kappa shape index (κ2) is 5.92. The van der Waals surface area contributed by atoms with Crippen molar-refractivity contribution in [1.82, 2.24) is 10.3 Å². The van der Waals surface area contributed by atoms with Crippen LogP contribution in [0.1, 0.15) is 28.9 Å². The molecule has 0 unspecified atom stereocenters. The molecule has 5 nitrogen and oxygen atoms in total. The van der Waals surface area contributed by atoms with Crippen LogP contribution in [0.4, 0.5) is 0 Å². The highest BCUT2D eigenvalue weighted by Gasteiger charge is 2.18. The van der Waals surface area contributed by atoms with Crippen LogP contribution in [0.15, 0.2) is 48.7 Å². The summed E-state index contributed by atoms with van der Waals surface area (Å²) in [4.78, 5) is 15.7. The number of hydrogen-bond acceptors (Lipinski definition) is 3. The van der Waals surface area contributed by atoms with E-state index in [0.29, 0.717) is 18.8 Å². The number of carbonyl (C=O) groups excluding carboxylic acids is 1. The first-order valence-electron chi connectivity index (χ1n) is 7.99. The molecule has 4 rings (SSSR count). The minimum atomic E-state index is -0.137. The third kappa shape index (κ3) is 2.58. The van der Waals surface area contributed by atoms with E-state index in [1.54, 1.807) is 6.20 Å². The number of rotatable bonds is 3. The normalized spacial score (nSPS) is 14.4. The van der Waals surface area contributed by atoms with Crippen molar-refractivity contribution in [2.75, 3.05) is 13.2 Å². The minimum absolute atomic E-state index is 0.102. The Morgan fingerprint density at radius 3 is 2.79 bits per heavy atom. The molecule has 2 N–H and O–H groups in total. The number of aromatic nitrogens is 1. The van der Waals surface area contributed by atoms with Gasteiger partial charge in [-0.25, -0.2) is 0 Å². The highest BCUT2D eigenvalue weighted by Crippen LogP contribution is 2.32. The zero-order valence-electron chi connectivity index (χ0n) is 13.3. The van der Waals surface area contributed by atoms with Crippen LogP contribution in [-0.4, -0.2) is 24.1 Å². The second-order valence-electron chi connectivity index (χ2n) is 5.85. The molecule has 0 bridgehead atoms. The summed E-state index contributed by atoms with van der Waals surface area (Å²) in [6, 6.07) is 13.4. The Morgan fingerprint density at radius 2 is 1.92 bits per heavy atom. The van der Waals surface area contributed by atoms with Gasteiger partial charge in [-0.3, -0.25) is 4.79 Å². The Hall–Kier alpha value is -2.95. The summed E-state index contributed by atoms with van der Waals surface area (Å²) in [5, 5.41) is 3.96. The number of para-hydroxylation sites is 1. The predicted octanol–water partition coefficient (Wildman–Crippen LogP) is 3.43. The van der Waals surface area contributed by atoms with E-state index < -0.39 is 0 Å². The van der Waals surface area contributed by atoms with Gasteiger partial charge in [0.1, 0.15) is 13.2 Å². The van der Waals surface area contributed by atoms with Crippen molar-refractivity contribution in [3.63, 3.8) is 0 Å². The number of fused-ring (bicyclic) bond motifs is 2. The summed E-state index contributed by atoms with van der Waals surface area (Å²) in [6.07, 6.45) is 1.75. The summed E-state index contributed by atoms with van der Waals surface area (Å²) in [6.45, 7) is 3.07. The topological polar surface area (TPSA) is 63.4 Å². The maximum absolute atomic E-state index is 12.6. The van der Waals surface area contributed by atoms with E-state index in [1.165, 1.54) is 0 Å². The van der Waals surface area contributed by atoms with Crippen molar-refractivity contribution < 1.29 is 14.3 Å². The monoisotopic (exact) mass is 322 g/mol. The van der Waals surface area contributed by atoms with Gasteiger partial charge in [-0.05, 0) is 30.7 Å². The molecule has 24 heavy (non-hydrogen) atoms. The van der Waals surface area contributed by atoms with Crippen LogP contribution >= 0.6 is 0 Å². The summed E-state index contributed by atoms with van der Waals surface area (Å²) < 4.78 is 11.1. The predicted molar refractivity (Wildman–Crippen MR) is 91.6 cm³/mol. The van der Waals surface area contributed by atoms with Crippen molar-refractivity contribution in [2.45, 2.75) is 13.0 Å². The first-order chi connectivity index (χ1) is 11.7. The molecule has 122 valence electrons. The number of hydrogen-bond donors (Lipinski definition) is 2. The van der Waals surface area contributed by atoms with Gasteiger partial charge in [-0.2, -0.15) is 0 Å². The third-order valence-corrected chi connectivity index (χ3v) is 4.25. The van der Waals surface area contributed by atoms with Gasteiger partial charge < -0.3 is 19.8 Å². The summed E-state index contributed by atoms with van der Waals surface area (Å²) >= 11 is 0. The zero-order chi connectivity index (χ0) is 16.5. The fourth-order valence-corrected chi connectivity index (χ4v) is 2.95. The van der Waals surface area contributed by atoms with E-state index in [1.807, 2.05) is 49.4 Å². The largest absolute Gasteiger partial charge is 0.486 e. The number of aromatic amines is 1. The zero-order valence-corrected chi connectivity index (χ0v) is 13.3. The molecule has 3 aromatic rings. The molecule has 0 aliphatic carbocycles. The van der Waals surface area contributed by atoms with Crippen LogP contribution in [0.2, 0.25) is 0 Å². The second-order valence-corrected chi connectivity index (χ2v) is 5.85. The average molecular weight is 322 g/mol. The molecule has 0 saturated carbocycles. The first-order valence-corrected chi connectivity index (χ1v) is 7.99. The lowest BCUT2D eigenvalue weighted by molar-refractivity contribution is 0.0941. The number of nitrogens with one attached hydrogen (secondary N) is 2. The minimum Gasteiger partial charge on any atom is -0.486 e. The van der Waals surface area contributed by atoms with Crippen LogP contribution in [-0.2, 0) is 0 Å². The standard InChI is InChI=1S/C19H18N2O3/c1-12(13-6-7-17-18(10-13)24-9-8-23-17)21-19(22)15-11-20-16-5-3-2-4-14(15)16/h2-7,10-12,20H,8-9H2,1H3,(H,21,22)/t12-/m0/s1. The summed E-state index contributed by atoms with van der Waals surface area (Å²) in [5.74, 6) is 1.38. The van der Waals surface area contributed by atoms with Crippen molar-refractivity contribution in [3.05, 3.63) is 59.8 Å². The maximum Gasteiger partial charge on any atom is 0.253 e. The van der Waals surface area contributed by atoms with Crippen LogP contribution in [0.5, 0.6) is 11.5 Å². The molecule has 1 aliphatic heterocycles. The molecule has 5 heteroatoms. The Kier molecular flexibility index (Phi) is 3.61. The SMILES string of the molecule is C[C@H](NC(=O)c1c[nH]c2ccccc12)c1ccc2c(c1)OCCO2. The van der Waals surface area contributed by atoms with Crippen molar-refractivity contribution in [2.24, 2.45) is 0 Å². The number of carbonyl (C=O) groups is 1. The first kappa shape index (κ1) is 14.6. The third-order valence-electron chi connectivity index (χ3n) is 4.25. The van der Waals surface area contributed by atoms with Crippen LogP contribution in [0, 0.1) is 0 Å². The van der Waals surface area contributed by atoms with Gasteiger partial charge in [0, 0.05) is 17.1 Å². The number of H-pyrrole nitrogens is 1. The quantitative estimate of drug-likeness (QED) is 0.776. The summed E-state index contributed by atoms with van der Waals surface area (Å²) in [7, 11) is 0. The molecule has 1 amide bonds. The van der Waals surface area contributed by atoms with Gasteiger partial charge in [0.2, 0.25) is 0 Å². The van der Waals surface area contributed by atoms with Gasteiger partial charge in [0.25, 0.3) is 5.91 Å². The molecule has 0 radical (unpaired) electrons. The van der Waals surface area contributed by atoms with Gasteiger partial charge in [0.05, 0.1) is 11.6 Å².